The van der Waals surface area contributed by atoms with E-state index in [4.69, 9.17) is 0 Å². The summed E-state index contributed by atoms with van der Waals surface area (Å²) in [5, 5.41) is 9.95. The molecule has 1 aromatic heterocycles. The first-order valence-electron chi connectivity index (χ1n) is 8.69. The molecule has 0 N–H and O–H groups in total. The normalized spacial score (nSPS) is 12.1. The van der Waals surface area contributed by atoms with Crippen LogP contribution < -0.4 is 0 Å². The summed E-state index contributed by atoms with van der Waals surface area (Å²) >= 11 is 1.20. The van der Waals surface area contributed by atoms with E-state index < -0.39 is 11.7 Å². The Morgan fingerprint density at radius 2 is 1.62 bits per heavy atom. The molecular formula is C23H13F3N2S. The van der Waals surface area contributed by atoms with E-state index in [2.05, 4.69) is 11.1 Å². The van der Waals surface area contributed by atoms with Crippen LogP contribution in [0.4, 0.5) is 13.2 Å². The number of allylic oxidation sites excluding steroid dienone is 1. The third-order valence-corrected chi connectivity index (χ3v) is 5.46. The van der Waals surface area contributed by atoms with Gasteiger partial charge in [0.15, 0.2) is 0 Å². The van der Waals surface area contributed by atoms with Crippen molar-refractivity contribution in [3.05, 3.63) is 88.9 Å². The Bertz CT molecular complexity index is 1230. The zero-order chi connectivity index (χ0) is 20.4. The van der Waals surface area contributed by atoms with Crippen LogP contribution in [0.3, 0.4) is 0 Å². The van der Waals surface area contributed by atoms with Gasteiger partial charge in [0.05, 0.1) is 21.4 Å². The molecule has 1 heterocycles. The van der Waals surface area contributed by atoms with Crippen LogP contribution in [0.2, 0.25) is 0 Å². The molecule has 6 heteroatoms. The molecule has 0 aliphatic carbocycles. The number of halogens is 3. The first-order valence-corrected chi connectivity index (χ1v) is 9.51. The van der Waals surface area contributed by atoms with Crippen LogP contribution >= 0.6 is 11.3 Å². The zero-order valence-corrected chi connectivity index (χ0v) is 15.8. The zero-order valence-electron chi connectivity index (χ0n) is 14.9. The number of thiazole rings is 1. The van der Waals surface area contributed by atoms with Gasteiger partial charge in [-0.3, -0.25) is 0 Å². The van der Waals surface area contributed by atoms with Gasteiger partial charge >= 0.3 is 6.18 Å². The van der Waals surface area contributed by atoms with Crippen molar-refractivity contribution in [2.45, 2.75) is 6.18 Å². The van der Waals surface area contributed by atoms with Crippen molar-refractivity contribution in [2.75, 3.05) is 0 Å². The van der Waals surface area contributed by atoms with Gasteiger partial charge in [-0.1, -0.05) is 54.6 Å². The highest BCUT2D eigenvalue weighted by molar-refractivity contribution is 7.19. The second-order valence-electron chi connectivity index (χ2n) is 6.36. The molecular weight excluding hydrogens is 393 g/mol. The maximum absolute atomic E-state index is 12.9. The smallest absolute Gasteiger partial charge is 0.235 e. The second kappa shape index (κ2) is 7.53. The Morgan fingerprint density at radius 1 is 0.931 bits per heavy atom. The van der Waals surface area contributed by atoms with Crippen LogP contribution in [0.5, 0.6) is 0 Å². The standard InChI is InChI=1S/C23H13F3N2S/c24-23(25,26)19-10-11-21-20(13-19)28-22(29-21)18(14-27)12-15-6-8-17(9-7-15)16-4-2-1-3-5-16/h1-13H/b18-12+. The Hall–Kier alpha value is -3.43. The largest absolute Gasteiger partial charge is 0.416 e. The fourth-order valence-electron chi connectivity index (χ4n) is 2.93. The van der Waals surface area contributed by atoms with Gasteiger partial charge in [-0.2, -0.15) is 18.4 Å². The van der Waals surface area contributed by atoms with Crippen LogP contribution in [0.1, 0.15) is 16.1 Å². The number of benzene rings is 3. The molecule has 0 saturated heterocycles. The van der Waals surface area contributed by atoms with Crippen LogP contribution in [0, 0.1) is 11.3 Å². The highest BCUT2D eigenvalue weighted by atomic mass is 32.1. The summed E-state index contributed by atoms with van der Waals surface area (Å²) in [6, 6.07) is 23.2. The summed E-state index contributed by atoms with van der Waals surface area (Å²) in [5.74, 6) is 0. The lowest BCUT2D eigenvalue weighted by Gasteiger charge is -2.04. The Morgan fingerprint density at radius 3 is 2.28 bits per heavy atom. The van der Waals surface area contributed by atoms with Crippen LogP contribution in [-0.4, -0.2) is 4.98 Å². The maximum atomic E-state index is 12.9. The van der Waals surface area contributed by atoms with Gasteiger partial charge in [0.1, 0.15) is 11.1 Å². The predicted octanol–water partition coefficient (Wildman–Crippen LogP) is 7.05. The Kier molecular flexibility index (Phi) is 4.91. The van der Waals surface area contributed by atoms with Gasteiger partial charge in [0, 0.05) is 0 Å². The lowest BCUT2D eigenvalue weighted by atomic mass is 10.0. The molecule has 0 radical (unpaired) electrons. The van der Waals surface area contributed by atoms with Gasteiger partial charge in [0.2, 0.25) is 0 Å². The third-order valence-electron chi connectivity index (χ3n) is 4.39. The van der Waals surface area contributed by atoms with Crippen LogP contribution in [-0.2, 0) is 6.18 Å². The molecule has 4 aromatic rings. The minimum atomic E-state index is -4.42. The summed E-state index contributed by atoms with van der Waals surface area (Å²) in [5.41, 5.74) is 2.76. The molecule has 3 aromatic carbocycles. The number of hydrogen-bond acceptors (Lipinski definition) is 3. The van der Waals surface area contributed by atoms with Gasteiger partial charge in [0.25, 0.3) is 0 Å². The topological polar surface area (TPSA) is 36.7 Å². The van der Waals surface area contributed by atoms with Crippen molar-refractivity contribution >= 4 is 33.2 Å². The van der Waals surface area contributed by atoms with Gasteiger partial charge in [-0.25, -0.2) is 4.98 Å². The van der Waals surface area contributed by atoms with Crippen molar-refractivity contribution in [2.24, 2.45) is 0 Å². The van der Waals surface area contributed by atoms with E-state index in [0.717, 1.165) is 28.8 Å². The van der Waals surface area contributed by atoms with Crippen molar-refractivity contribution in [1.82, 2.24) is 4.98 Å². The highest BCUT2D eigenvalue weighted by Gasteiger charge is 2.30. The Labute approximate surface area is 169 Å². The van der Waals surface area contributed by atoms with Gasteiger partial charge in [-0.05, 0) is 41.0 Å². The number of rotatable bonds is 3. The van der Waals surface area contributed by atoms with Gasteiger partial charge in [-0.15, -0.1) is 11.3 Å². The van der Waals surface area contributed by atoms with E-state index in [0.29, 0.717) is 15.3 Å². The van der Waals surface area contributed by atoms with Crippen molar-refractivity contribution < 1.29 is 13.2 Å². The predicted molar refractivity (Wildman–Crippen MR) is 110 cm³/mol. The third kappa shape index (κ3) is 4.05. The summed E-state index contributed by atoms with van der Waals surface area (Å²) in [6.07, 6.45) is -2.73. The lowest BCUT2D eigenvalue weighted by molar-refractivity contribution is -0.137. The van der Waals surface area contributed by atoms with Gasteiger partial charge < -0.3 is 0 Å². The number of fused-ring (bicyclic) bond motifs is 1. The molecule has 0 amide bonds. The fourth-order valence-corrected chi connectivity index (χ4v) is 3.84. The van der Waals surface area contributed by atoms with E-state index in [1.807, 2.05) is 54.6 Å². The lowest BCUT2D eigenvalue weighted by Crippen LogP contribution is -2.03. The number of nitrogens with zero attached hydrogens (tertiary/aromatic N) is 2. The Balaban J connectivity index is 1.66. The minimum Gasteiger partial charge on any atom is -0.235 e. The second-order valence-corrected chi connectivity index (χ2v) is 7.39. The molecule has 0 saturated carbocycles. The number of aromatic nitrogens is 1. The quantitative estimate of drug-likeness (QED) is 0.342. The van der Waals surface area contributed by atoms with Crippen LogP contribution in [0.15, 0.2) is 72.8 Å². The van der Waals surface area contributed by atoms with E-state index >= 15 is 0 Å². The highest BCUT2D eigenvalue weighted by Crippen LogP contribution is 2.34. The minimum absolute atomic E-state index is 0.236. The summed E-state index contributed by atoms with van der Waals surface area (Å²) < 4.78 is 39.3. The fraction of sp³-hybridized carbons (Fsp3) is 0.0435. The van der Waals surface area contributed by atoms with Crippen molar-refractivity contribution in [1.29, 1.82) is 5.26 Å². The van der Waals surface area contributed by atoms with E-state index in [9.17, 15) is 18.4 Å². The molecule has 0 atom stereocenters. The maximum Gasteiger partial charge on any atom is 0.416 e. The number of nitriles is 1. The molecule has 0 spiro atoms. The molecule has 0 fully saturated rings. The number of alkyl halides is 3. The van der Waals surface area contributed by atoms with Crippen molar-refractivity contribution in [3.8, 4) is 17.2 Å². The summed E-state index contributed by atoms with van der Waals surface area (Å²) in [7, 11) is 0. The van der Waals surface area contributed by atoms with Crippen LogP contribution in [0.25, 0.3) is 33.0 Å². The molecule has 2 nitrogen and oxygen atoms in total. The molecule has 4 rings (SSSR count). The SMILES string of the molecule is N#C/C(=C\c1ccc(-c2ccccc2)cc1)c1nc2cc(C(F)(F)F)ccc2s1. The summed E-state index contributed by atoms with van der Waals surface area (Å²) in [6.45, 7) is 0. The van der Waals surface area contributed by atoms with E-state index in [1.54, 1.807) is 6.08 Å². The molecule has 142 valence electrons. The number of hydrogen-bond donors (Lipinski definition) is 0. The molecule has 29 heavy (non-hydrogen) atoms. The molecule has 0 aliphatic heterocycles. The molecule has 0 bridgehead atoms. The van der Waals surface area contributed by atoms with Crippen molar-refractivity contribution in [3.63, 3.8) is 0 Å². The average molecular weight is 406 g/mol. The summed E-state index contributed by atoms with van der Waals surface area (Å²) in [4.78, 5) is 4.25. The molecule has 0 unspecified atom stereocenters. The van der Waals surface area contributed by atoms with E-state index in [-0.39, 0.29) is 5.52 Å². The van der Waals surface area contributed by atoms with E-state index in [1.165, 1.54) is 17.4 Å². The monoisotopic (exact) mass is 406 g/mol. The first kappa shape index (κ1) is 18.9. The average Bonchev–Trinajstić information content (AvgIpc) is 3.15. The molecule has 0 aliphatic rings. The first-order chi connectivity index (χ1) is 13.9.